The Morgan fingerprint density at radius 3 is 2.59 bits per heavy atom. The second kappa shape index (κ2) is 6.32. The number of ether oxygens (including phenoxy) is 1. The van der Waals surface area contributed by atoms with E-state index in [1.807, 2.05) is 30.3 Å². The second-order valence-corrected chi connectivity index (χ2v) is 3.22. The smallest absolute Gasteiger partial charge is 0.373 e. The van der Waals surface area contributed by atoms with Crippen LogP contribution in [0.4, 0.5) is 0 Å². The number of rotatable bonds is 4. The lowest BCUT2D eigenvalue weighted by Gasteiger charge is -2.02. The maximum atomic E-state index is 11.3. The van der Waals surface area contributed by atoms with Gasteiger partial charge in [0.05, 0.1) is 13.2 Å². The molecule has 0 saturated heterocycles. The molecule has 1 aromatic rings. The summed E-state index contributed by atoms with van der Waals surface area (Å²) in [5.74, 6) is -2.23. The van der Waals surface area contributed by atoms with Crippen molar-refractivity contribution >= 4 is 11.9 Å². The number of aliphatic hydroxyl groups excluding tert-OH is 1. The highest BCUT2D eigenvalue weighted by atomic mass is 16.5. The zero-order valence-corrected chi connectivity index (χ0v) is 9.34. The largest absolute Gasteiger partial charge is 0.502 e. The summed E-state index contributed by atoms with van der Waals surface area (Å²) in [4.78, 5) is 22.1. The molecule has 0 aliphatic carbocycles. The summed E-state index contributed by atoms with van der Waals surface area (Å²) >= 11 is 0. The average Bonchev–Trinajstić information content (AvgIpc) is 2.36. The Bertz CT molecular complexity index is 425. The van der Waals surface area contributed by atoms with Crippen molar-refractivity contribution in [3.8, 4) is 0 Å². The second-order valence-electron chi connectivity index (χ2n) is 3.22. The van der Waals surface area contributed by atoms with Crippen molar-refractivity contribution in [3.05, 3.63) is 47.7 Å². The van der Waals surface area contributed by atoms with Crippen LogP contribution in [0.3, 0.4) is 0 Å². The Hall–Kier alpha value is -2.30. The fourth-order valence-corrected chi connectivity index (χ4v) is 1.12. The summed E-state index contributed by atoms with van der Waals surface area (Å²) in [6.07, 6.45) is 0.786. The normalized spacial score (nSPS) is 10.8. The van der Waals surface area contributed by atoms with E-state index in [-0.39, 0.29) is 0 Å². The molecule has 0 bridgehead atoms. The summed E-state index contributed by atoms with van der Waals surface area (Å²) in [6, 6.07) is 9.27. The van der Waals surface area contributed by atoms with Crippen LogP contribution in [0.25, 0.3) is 0 Å². The topological polar surface area (TPSA) is 75.6 Å². The quantitative estimate of drug-likeness (QED) is 0.462. The molecule has 5 heteroatoms. The molecule has 0 fully saturated rings. The van der Waals surface area contributed by atoms with Gasteiger partial charge < -0.3 is 15.2 Å². The molecule has 0 saturated carbocycles. The number of hydrogen-bond donors (Lipinski definition) is 2. The molecule has 0 unspecified atom stereocenters. The minimum absolute atomic E-state index is 0.324. The van der Waals surface area contributed by atoms with Crippen LogP contribution in [0, 0.1) is 0 Å². The fourth-order valence-electron chi connectivity index (χ4n) is 1.12. The van der Waals surface area contributed by atoms with E-state index >= 15 is 0 Å². The van der Waals surface area contributed by atoms with Gasteiger partial charge in [-0.2, -0.15) is 0 Å². The van der Waals surface area contributed by atoms with E-state index in [1.54, 1.807) is 0 Å². The molecule has 0 atom stereocenters. The number of esters is 1. The number of methoxy groups -OCH3 is 1. The van der Waals surface area contributed by atoms with Crippen molar-refractivity contribution in [1.82, 2.24) is 5.32 Å². The van der Waals surface area contributed by atoms with Gasteiger partial charge in [0.1, 0.15) is 0 Å². The van der Waals surface area contributed by atoms with Gasteiger partial charge in [-0.3, -0.25) is 4.79 Å². The van der Waals surface area contributed by atoms with Gasteiger partial charge in [0.25, 0.3) is 0 Å². The number of hydrogen-bond acceptors (Lipinski definition) is 4. The van der Waals surface area contributed by atoms with Gasteiger partial charge in [-0.05, 0) is 5.56 Å². The lowest BCUT2D eigenvalue weighted by atomic mass is 10.2. The van der Waals surface area contributed by atoms with Crippen molar-refractivity contribution in [2.75, 3.05) is 7.11 Å². The van der Waals surface area contributed by atoms with Crippen LogP contribution in [-0.4, -0.2) is 24.1 Å². The number of benzene rings is 1. The Kier molecular flexibility index (Phi) is 4.75. The van der Waals surface area contributed by atoms with E-state index in [1.165, 1.54) is 0 Å². The molecule has 0 spiro atoms. The highest BCUT2D eigenvalue weighted by Crippen LogP contribution is 1.97. The van der Waals surface area contributed by atoms with Crippen LogP contribution in [0.5, 0.6) is 0 Å². The maximum Gasteiger partial charge on any atom is 0.373 e. The Labute approximate surface area is 98.7 Å². The number of carbonyl (C=O) groups is 2. The fraction of sp³-hybridized carbons (Fsp3) is 0.167. The molecule has 17 heavy (non-hydrogen) atoms. The van der Waals surface area contributed by atoms with Crippen molar-refractivity contribution < 1.29 is 19.4 Å². The Balaban J connectivity index is 2.48. The molecule has 0 heterocycles. The van der Waals surface area contributed by atoms with E-state index in [9.17, 15) is 9.59 Å². The van der Waals surface area contributed by atoms with E-state index < -0.39 is 17.6 Å². The molecule has 2 N–H and O–H groups in total. The summed E-state index contributed by atoms with van der Waals surface area (Å²) in [5.41, 5.74) is 0.923. The van der Waals surface area contributed by atoms with Gasteiger partial charge >= 0.3 is 5.97 Å². The van der Waals surface area contributed by atoms with Crippen molar-refractivity contribution in [2.24, 2.45) is 0 Å². The molecule has 1 rings (SSSR count). The molecule has 1 amide bonds. The van der Waals surface area contributed by atoms with Crippen LogP contribution < -0.4 is 5.32 Å². The van der Waals surface area contributed by atoms with Crippen molar-refractivity contribution in [2.45, 2.75) is 6.54 Å². The number of amides is 1. The average molecular weight is 235 g/mol. The molecular formula is C12H13NO4. The zero-order valence-electron chi connectivity index (χ0n) is 9.34. The SMILES string of the molecule is COC(=O)/C(O)=C/C(=O)NCc1ccccc1. The van der Waals surface area contributed by atoms with Crippen LogP contribution in [0.2, 0.25) is 0 Å². The zero-order chi connectivity index (χ0) is 12.7. The minimum Gasteiger partial charge on any atom is -0.502 e. The van der Waals surface area contributed by atoms with Crippen LogP contribution in [-0.2, 0) is 20.9 Å². The first-order chi connectivity index (χ1) is 8.13. The number of nitrogens with one attached hydrogen (secondary N) is 1. The summed E-state index contributed by atoms with van der Waals surface area (Å²) in [6.45, 7) is 0.324. The van der Waals surface area contributed by atoms with Gasteiger partial charge in [0, 0.05) is 6.54 Å². The molecule has 5 nitrogen and oxygen atoms in total. The molecule has 0 aliphatic heterocycles. The lowest BCUT2D eigenvalue weighted by Crippen LogP contribution is -2.21. The third-order valence-electron chi connectivity index (χ3n) is 1.97. The van der Waals surface area contributed by atoms with Crippen molar-refractivity contribution in [1.29, 1.82) is 0 Å². The van der Waals surface area contributed by atoms with Gasteiger partial charge in [-0.1, -0.05) is 30.3 Å². The van der Waals surface area contributed by atoms with E-state index in [4.69, 9.17) is 5.11 Å². The third-order valence-corrected chi connectivity index (χ3v) is 1.97. The lowest BCUT2D eigenvalue weighted by molar-refractivity contribution is -0.139. The third kappa shape index (κ3) is 4.38. The van der Waals surface area contributed by atoms with Crippen LogP contribution in [0.15, 0.2) is 42.2 Å². The van der Waals surface area contributed by atoms with E-state index in [0.29, 0.717) is 6.54 Å². The minimum atomic E-state index is -0.945. The predicted molar refractivity (Wildman–Crippen MR) is 61.0 cm³/mol. The molecule has 1 aromatic carbocycles. The Morgan fingerprint density at radius 2 is 2.00 bits per heavy atom. The molecule has 90 valence electrons. The number of carbonyl (C=O) groups excluding carboxylic acids is 2. The highest BCUT2D eigenvalue weighted by molar-refractivity contribution is 5.96. The van der Waals surface area contributed by atoms with Crippen molar-refractivity contribution in [3.63, 3.8) is 0 Å². The van der Waals surface area contributed by atoms with E-state index in [0.717, 1.165) is 18.7 Å². The summed E-state index contributed by atoms with van der Waals surface area (Å²) in [7, 11) is 1.12. The monoisotopic (exact) mass is 235 g/mol. The van der Waals surface area contributed by atoms with Gasteiger partial charge in [0.15, 0.2) is 0 Å². The van der Waals surface area contributed by atoms with E-state index in [2.05, 4.69) is 10.1 Å². The molecule has 0 radical (unpaired) electrons. The number of aliphatic hydroxyl groups is 1. The van der Waals surface area contributed by atoms with Crippen LogP contribution >= 0.6 is 0 Å². The maximum absolute atomic E-state index is 11.3. The first kappa shape index (κ1) is 12.8. The highest BCUT2D eigenvalue weighted by Gasteiger charge is 2.09. The summed E-state index contributed by atoms with van der Waals surface area (Å²) < 4.78 is 4.24. The summed E-state index contributed by atoms with van der Waals surface area (Å²) in [5, 5.41) is 11.6. The van der Waals surface area contributed by atoms with Gasteiger partial charge in [-0.15, -0.1) is 0 Å². The molecule has 0 aromatic heterocycles. The Morgan fingerprint density at radius 1 is 1.35 bits per heavy atom. The first-order valence-corrected chi connectivity index (χ1v) is 4.94. The van der Waals surface area contributed by atoms with Crippen LogP contribution in [0.1, 0.15) is 5.56 Å². The van der Waals surface area contributed by atoms with Gasteiger partial charge in [0.2, 0.25) is 11.7 Å². The molecular weight excluding hydrogens is 222 g/mol. The standard InChI is InChI=1S/C12H13NO4/c1-17-12(16)10(14)7-11(15)13-8-9-5-3-2-4-6-9/h2-7,14H,8H2,1H3,(H,13,15)/b10-7-. The predicted octanol–water partition coefficient (Wildman–Crippen LogP) is 0.918. The first-order valence-electron chi connectivity index (χ1n) is 4.94. The van der Waals surface area contributed by atoms with Gasteiger partial charge in [-0.25, -0.2) is 4.79 Å². The molecule has 0 aliphatic rings.